The van der Waals surface area contributed by atoms with Gasteiger partial charge in [-0.25, -0.2) is 0 Å². The van der Waals surface area contributed by atoms with Crippen LogP contribution in [0.5, 0.6) is 0 Å². The molecule has 3 heterocycles. The van der Waals surface area contributed by atoms with E-state index in [0.29, 0.717) is 12.0 Å². The fourth-order valence-corrected chi connectivity index (χ4v) is 3.57. The van der Waals surface area contributed by atoms with E-state index >= 15 is 0 Å². The lowest BCUT2D eigenvalue weighted by molar-refractivity contribution is 0.543. The maximum atomic E-state index is 4.49. The van der Waals surface area contributed by atoms with Gasteiger partial charge in [-0.05, 0) is 18.1 Å². The molecular weight excluding hydrogens is 210 g/mol. The highest BCUT2D eigenvalue weighted by Crippen LogP contribution is 2.48. The molecule has 1 aromatic rings. The highest BCUT2D eigenvalue weighted by atomic mass is 15.3. The molecule has 0 saturated carbocycles. The number of anilines is 2. The van der Waals surface area contributed by atoms with Gasteiger partial charge in [0.25, 0.3) is 0 Å². The van der Waals surface area contributed by atoms with Crippen molar-refractivity contribution in [1.82, 2.24) is 0 Å². The molecule has 0 spiro atoms. The van der Waals surface area contributed by atoms with Gasteiger partial charge in [0.2, 0.25) is 0 Å². The van der Waals surface area contributed by atoms with Crippen LogP contribution < -0.4 is 9.80 Å². The van der Waals surface area contributed by atoms with E-state index in [1.54, 1.807) is 0 Å². The number of hydrogen-bond donors (Lipinski definition) is 0. The summed E-state index contributed by atoms with van der Waals surface area (Å²) < 4.78 is 0. The molecule has 0 radical (unpaired) electrons. The Hall–Kier alpha value is -1.51. The first kappa shape index (κ1) is 9.51. The molecule has 1 unspecified atom stereocenters. The summed E-state index contributed by atoms with van der Waals surface area (Å²) >= 11 is 0. The summed E-state index contributed by atoms with van der Waals surface area (Å²) in [6.45, 7) is 3.29. The van der Waals surface area contributed by atoms with Crippen LogP contribution in [-0.4, -0.2) is 38.9 Å². The molecule has 3 heteroatoms. The predicted molar refractivity (Wildman–Crippen MR) is 71.6 cm³/mol. The van der Waals surface area contributed by atoms with Crippen molar-refractivity contribution >= 4 is 17.6 Å². The third-order valence-electron chi connectivity index (χ3n) is 4.41. The Balaban J connectivity index is 1.94. The molecule has 4 rings (SSSR count). The second kappa shape index (κ2) is 3.25. The second-order valence-corrected chi connectivity index (χ2v) is 5.27. The van der Waals surface area contributed by atoms with Crippen LogP contribution in [-0.2, 0) is 0 Å². The largest absolute Gasteiger partial charge is 0.371 e. The first-order valence-electron chi connectivity index (χ1n) is 6.47. The van der Waals surface area contributed by atoms with Crippen molar-refractivity contribution in [3.63, 3.8) is 0 Å². The third-order valence-corrected chi connectivity index (χ3v) is 4.41. The van der Waals surface area contributed by atoms with E-state index in [9.17, 15) is 0 Å². The molecule has 3 nitrogen and oxygen atoms in total. The number of fused-ring (bicyclic) bond motifs is 3. The molecule has 0 saturated heterocycles. The molecule has 0 aliphatic carbocycles. The van der Waals surface area contributed by atoms with Crippen LogP contribution in [0.15, 0.2) is 23.2 Å². The van der Waals surface area contributed by atoms with Gasteiger partial charge < -0.3 is 9.80 Å². The van der Waals surface area contributed by atoms with Crippen molar-refractivity contribution < 1.29 is 0 Å². The summed E-state index contributed by atoms with van der Waals surface area (Å²) in [6.07, 6.45) is 3.39. The van der Waals surface area contributed by atoms with Crippen molar-refractivity contribution in [3.05, 3.63) is 23.8 Å². The van der Waals surface area contributed by atoms with Crippen molar-refractivity contribution in [1.29, 1.82) is 0 Å². The molecule has 17 heavy (non-hydrogen) atoms. The van der Waals surface area contributed by atoms with E-state index in [1.807, 2.05) is 0 Å². The normalized spacial score (nSPS) is 29.2. The van der Waals surface area contributed by atoms with Gasteiger partial charge in [0.1, 0.15) is 0 Å². The molecule has 0 N–H and O–H groups in total. The van der Waals surface area contributed by atoms with Gasteiger partial charge in [-0.2, -0.15) is 0 Å². The van der Waals surface area contributed by atoms with Crippen LogP contribution >= 0.6 is 0 Å². The molecule has 1 aromatic carbocycles. The Labute approximate surface area is 102 Å². The predicted octanol–water partition coefficient (Wildman–Crippen LogP) is 1.88. The van der Waals surface area contributed by atoms with Crippen LogP contribution in [0.4, 0.5) is 11.4 Å². The molecule has 0 fully saturated rings. The van der Waals surface area contributed by atoms with Crippen LogP contribution in [0.3, 0.4) is 0 Å². The summed E-state index contributed by atoms with van der Waals surface area (Å²) in [4.78, 5) is 9.50. The standard InChI is InChI=1S/C14H17N3/c1-16-7-8-17-12-5-6-15-9-11(12)10-3-2-4-13(16)14(10)17/h2-4,9,11-12H,5-8H2,1H3/t11-,12?/m1/s1. The van der Waals surface area contributed by atoms with Crippen LogP contribution in [0.25, 0.3) is 0 Å². The molecule has 2 atom stereocenters. The van der Waals surface area contributed by atoms with Gasteiger partial charge >= 0.3 is 0 Å². The quantitative estimate of drug-likeness (QED) is 0.674. The monoisotopic (exact) mass is 227 g/mol. The van der Waals surface area contributed by atoms with Crippen LogP contribution in [0.2, 0.25) is 0 Å². The van der Waals surface area contributed by atoms with Gasteiger partial charge in [0.15, 0.2) is 0 Å². The summed E-state index contributed by atoms with van der Waals surface area (Å²) in [5.74, 6) is 0.533. The molecular formula is C14H17N3. The van der Waals surface area contributed by atoms with Gasteiger partial charge in [-0.1, -0.05) is 12.1 Å². The van der Waals surface area contributed by atoms with E-state index in [1.165, 1.54) is 23.4 Å². The van der Waals surface area contributed by atoms with Gasteiger partial charge in [-0.15, -0.1) is 0 Å². The second-order valence-electron chi connectivity index (χ2n) is 5.27. The van der Waals surface area contributed by atoms with Crippen molar-refractivity contribution in [2.24, 2.45) is 4.99 Å². The molecule has 0 amide bonds. The fourth-order valence-electron chi connectivity index (χ4n) is 3.57. The lowest BCUT2D eigenvalue weighted by atomic mass is 9.92. The molecule has 3 aliphatic heterocycles. The van der Waals surface area contributed by atoms with Gasteiger partial charge in [-0.3, -0.25) is 4.99 Å². The van der Waals surface area contributed by atoms with E-state index < -0.39 is 0 Å². The fraction of sp³-hybridized carbons (Fsp3) is 0.500. The minimum absolute atomic E-state index is 0.533. The lowest BCUT2D eigenvalue weighted by Gasteiger charge is -2.38. The maximum absolute atomic E-state index is 4.49. The highest BCUT2D eigenvalue weighted by Gasteiger charge is 2.41. The van der Waals surface area contributed by atoms with Crippen LogP contribution in [0, 0.1) is 0 Å². The zero-order valence-electron chi connectivity index (χ0n) is 10.1. The molecule has 3 aliphatic rings. The Morgan fingerprint density at radius 3 is 3.18 bits per heavy atom. The summed E-state index contributed by atoms with van der Waals surface area (Å²) in [7, 11) is 2.20. The minimum atomic E-state index is 0.533. The topological polar surface area (TPSA) is 18.8 Å². The maximum Gasteiger partial charge on any atom is 0.0647 e. The Morgan fingerprint density at radius 1 is 1.29 bits per heavy atom. The summed E-state index contributed by atoms with van der Waals surface area (Å²) in [5.41, 5.74) is 4.36. The number of likely N-dealkylation sites (N-methyl/N-ethyl adjacent to an activating group) is 1. The van der Waals surface area contributed by atoms with E-state index in [-0.39, 0.29) is 0 Å². The first-order chi connectivity index (χ1) is 8.36. The third kappa shape index (κ3) is 1.14. The molecule has 88 valence electrons. The van der Waals surface area contributed by atoms with E-state index in [0.717, 1.165) is 19.6 Å². The minimum Gasteiger partial charge on any atom is -0.371 e. The Kier molecular flexibility index (Phi) is 1.82. The number of benzene rings is 1. The number of hydrogen-bond acceptors (Lipinski definition) is 3. The van der Waals surface area contributed by atoms with E-state index in [2.05, 4.69) is 46.3 Å². The molecule has 0 aromatic heterocycles. The SMILES string of the molecule is CN1CCN2c3c(cccc31)[C@H]1C=NCCC12. The smallest absolute Gasteiger partial charge is 0.0647 e. The summed E-state index contributed by atoms with van der Waals surface area (Å²) in [5, 5.41) is 0. The zero-order valence-corrected chi connectivity index (χ0v) is 10.1. The van der Waals surface area contributed by atoms with Gasteiger partial charge in [0, 0.05) is 44.9 Å². The van der Waals surface area contributed by atoms with Crippen molar-refractivity contribution in [3.8, 4) is 0 Å². The Bertz CT molecular complexity index is 494. The molecule has 0 bridgehead atoms. The number of nitrogens with zero attached hydrogens (tertiary/aromatic N) is 3. The number of aliphatic imine (C=N–C) groups is 1. The average molecular weight is 227 g/mol. The van der Waals surface area contributed by atoms with Gasteiger partial charge in [0.05, 0.1) is 11.4 Å². The van der Waals surface area contributed by atoms with E-state index in [4.69, 9.17) is 0 Å². The van der Waals surface area contributed by atoms with Crippen molar-refractivity contribution in [2.75, 3.05) is 36.5 Å². The number of rotatable bonds is 0. The number of para-hydroxylation sites is 1. The average Bonchev–Trinajstić information content (AvgIpc) is 2.70. The van der Waals surface area contributed by atoms with Crippen molar-refractivity contribution in [2.45, 2.75) is 18.4 Å². The lowest BCUT2D eigenvalue weighted by Crippen LogP contribution is -2.44. The Morgan fingerprint density at radius 2 is 2.24 bits per heavy atom. The first-order valence-corrected chi connectivity index (χ1v) is 6.47. The summed E-state index contributed by atoms with van der Waals surface area (Å²) in [6, 6.07) is 7.39. The van der Waals surface area contributed by atoms with Crippen LogP contribution in [0.1, 0.15) is 17.9 Å². The zero-order chi connectivity index (χ0) is 11.4. The highest BCUT2D eigenvalue weighted by molar-refractivity contribution is 5.87.